The fraction of sp³-hybridized carbons (Fsp3) is 0.321. The lowest BCUT2D eigenvalue weighted by Crippen LogP contribution is -2.32. The van der Waals surface area contributed by atoms with E-state index in [0.717, 1.165) is 18.4 Å². The van der Waals surface area contributed by atoms with Crippen LogP contribution in [0.25, 0.3) is 28.0 Å². The molecule has 1 aliphatic rings. The Morgan fingerprint density at radius 1 is 1.09 bits per heavy atom. The molecule has 0 amide bonds. The van der Waals surface area contributed by atoms with Crippen LogP contribution in [0.4, 0.5) is 0 Å². The van der Waals surface area contributed by atoms with Gasteiger partial charge in [-0.2, -0.15) is 0 Å². The summed E-state index contributed by atoms with van der Waals surface area (Å²) in [6.07, 6.45) is 10.2. The van der Waals surface area contributed by atoms with E-state index in [9.17, 15) is 15.0 Å². The number of allylic oxidation sites excluding steroid dienone is 4. The monoisotopic (exact) mass is 446 g/mol. The van der Waals surface area contributed by atoms with Gasteiger partial charge in [0.2, 0.25) is 5.43 Å². The third-order valence-electron chi connectivity index (χ3n) is 6.01. The van der Waals surface area contributed by atoms with Crippen molar-refractivity contribution in [3.63, 3.8) is 0 Å². The minimum Gasteiger partial charge on any atom is -0.508 e. The van der Waals surface area contributed by atoms with E-state index in [4.69, 9.17) is 9.15 Å². The van der Waals surface area contributed by atoms with Crippen molar-refractivity contribution in [2.75, 3.05) is 0 Å². The first-order valence-corrected chi connectivity index (χ1v) is 11.2. The molecule has 0 bridgehead atoms. The first kappa shape index (κ1) is 22.7. The van der Waals surface area contributed by atoms with Crippen LogP contribution in [0.1, 0.15) is 58.6 Å². The zero-order valence-corrected chi connectivity index (χ0v) is 19.8. The highest BCUT2D eigenvalue weighted by atomic mass is 16.5. The van der Waals surface area contributed by atoms with Crippen molar-refractivity contribution >= 4 is 28.0 Å². The third kappa shape index (κ3) is 4.28. The van der Waals surface area contributed by atoms with Gasteiger partial charge >= 0.3 is 0 Å². The van der Waals surface area contributed by atoms with Crippen LogP contribution in [0.3, 0.4) is 0 Å². The molecule has 0 radical (unpaired) electrons. The third-order valence-corrected chi connectivity index (χ3v) is 6.01. The number of ether oxygens (including phenoxy) is 1. The predicted octanol–water partition coefficient (Wildman–Crippen LogP) is 6.78. The normalized spacial score (nSPS) is 17.0. The van der Waals surface area contributed by atoms with Gasteiger partial charge in [-0.25, -0.2) is 0 Å². The molecule has 0 fully saturated rings. The van der Waals surface area contributed by atoms with Gasteiger partial charge in [0.05, 0.1) is 10.9 Å². The van der Waals surface area contributed by atoms with E-state index in [1.54, 1.807) is 6.07 Å². The summed E-state index contributed by atoms with van der Waals surface area (Å²) < 4.78 is 12.6. The van der Waals surface area contributed by atoms with Crippen LogP contribution in [0.5, 0.6) is 17.2 Å². The van der Waals surface area contributed by atoms with E-state index in [1.807, 2.05) is 39.0 Å². The van der Waals surface area contributed by atoms with E-state index in [-0.39, 0.29) is 33.3 Å². The van der Waals surface area contributed by atoms with Crippen molar-refractivity contribution in [3.8, 4) is 17.2 Å². The average molecular weight is 447 g/mol. The largest absolute Gasteiger partial charge is 0.508 e. The molecule has 4 rings (SSSR count). The fourth-order valence-corrected chi connectivity index (χ4v) is 4.18. The van der Waals surface area contributed by atoms with Crippen molar-refractivity contribution in [2.24, 2.45) is 0 Å². The Labute approximate surface area is 193 Å². The molecular weight excluding hydrogens is 416 g/mol. The lowest BCUT2D eigenvalue weighted by Gasteiger charge is -2.33. The van der Waals surface area contributed by atoms with Gasteiger partial charge in [-0.15, -0.1) is 0 Å². The SMILES string of the molecule is CC(C)=CCCC1(C)C=Cc2c(c(CC=C(C)C)c(O)c3c(=O)c4cc(O)ccc4oc23)O1. The van der Waals surface area contributed by atoms with Gasteiger partial charge in [-0.05, 0) is 84.2 Å². The van der Waals surface area contributed by atoms with E-state index in [2.05, 4.69) is 19.9 Å². The minimum absolute atomic E-state index is 0.0354. The number of hydrogen-bond acceptors (Lipinski definition) is 5. The summed E-state index contributed by atoms with van der Waals surface area (Å²) in [6, 6.07) is 4.39. The number of phenols is 2. The lowest BCUT2D eigenvalue weighted by molar-refractivity contribution is 0.127. The second-order valence-corrected chi connectivity index (χ2v) is 9.44. The molecule has 1 unspecified atom stereocenters. The average Bonchev–Trinajstić information content (AvgIpc) is 2.73. The number of phenolic OH excluding ortho intramolecular Hbond substituents is 2. The maximum Gasteiger partial charge on any atom is 0.204 e. The summed E-state index contributed by atoms with van der Waals surface area (Å²) >= 11 is 0. The van der Waals surface area contributed by atoms with Gasteiger partial charge in [-0.3, -0.25) is 4.79 Å². The van der Waals surface area contributed by atoms with Crippen LogP contribution in [-0.4, -0.2) is 15.8 Å². The summed E-state index contributed by atoms with van der Waals surface area (Å²) in [5.41, 5.74) is 3.24. The van der Waals surface area contributed by atoms with Gasteiger partial charge in [0.1, 0.15) is 33.8 Å². The van der Waals surface area contributed by atoms with Crippen LogP contribution in [0.2, 0.25) is 0 Å². The molecule has 2 N–H and O–H groups in total. The molecule has 2 heterocycles. The highest BCUT2D eigenvalue weighted by molar-refractivity contribution is 6.00. The Kier molecular flexibility index (Phi) is 5.83. The van der Waals surface area contributed by atoms with Crippen LogP contribution in [0, 0.1) is 0 Å². The summed E-state index contributed by atoms with van der Waals surface area (Å²) in [5, 5.41) is 21.5. The molecule has 33 heavy (non-hydrogen) atoms. The first-order chi connectivity index (χ1) is 15.6. The zero-order valence-electron chi connectivity index (χ0n) is 19.8. The summed E-state index contributed by atoms with van der Waals surface area (Å²) in [6.45, 7) is 10.1. The summed E-state index contributed by atoms with van der Waals surface area (Å²) in [5.74, 6) is 0.370. The van der Waals surface area contributed by atoms with E-state index < -0.39 is 5.60 Å². The van der Waals surface area contributed by atoms with Gasteiger partial charge in [-0.1, -0.05) is 23.3 Å². The van der Waals surface area contributed by atoms with E-state index in [1.165, 1.54) is 17.7 Å². The molecule has 2 aromatic carbocycles. The smallest absolute Gasteiger partial charge is 0.204 e. The molecule has 0 saturated carbocycles. The number of hydrogen-bond donors (Lipinski definition) is 2. The molecule has 5 nitrogen and oxygen atoms in total. The maximum atomic E-state index is 13.4. The van der Waals surface area contributed by atoms with Crippen molar-refractivity contribution in [1.82, 2.24) is 0 Å². The van der Waals surface area contributed by atoms with Crippen LogP contribution in [0.15, 0.2) is 56.8 Å². The van der Waals surface area contributed by atoms with E-state index in [0.29, 0.717) is 28.9 Å². The second kappa shape index (κ2) is 8.47. The Morgan fingerprint density at radius 2 is 1.82 bits per heavy atom. The Bertz CT molecular complexity index is 1400. The Hall–Kier alpha value is -3.47. The molecule has 0 saturated heterocycles. The summed E-state index contributed by atoms with van der Waals surface area (Å²) in [4.78, 5) is 13.4. The topological polar surface area (TPSA) is 79.9 Å². The van der Waals surface area contributed by atoms with Gasteiger partial charge in [0, 0.05) is 5.56 Å². The van der Waals surface area contributed by atoms with Crippen molar-refractivity contribution in [3.05, 3.63) is 68.9 Å². The molecule has 1 aliphatic heterocycles. The first-order valence-electron chi connectivity index (χ1n) is 11.2. The van der Waals surface area contributed by atoms with Crippen LogP contribution < -0.4 is 10.2 Å². The standard InChI is InChI=1S/C28H30O5/c1-16(2)7-6-13-28(5)14-12-20-26(33-28)19(10-8-17(3)4)24(30)23-25(31)21-15-18(29)9-11-22(21)32-27(20)23/h7-9,11-12,14-15,29-30H,6,10,13H2,1-5H3. The molecule has 0 aliphatic carbocycles. The number of benzene rings is 2. The fourth-order valence-electron chi connectivity index (χ4n) is 4.18. The van der Waals surface area contributed by atoms with Crippen LogP contribution in [-0.2, 0) is 6.42 Å². The highest BCUT2D eigenvalue weighted by Crippen LogP contribution is 2.46. The van der Waals surface area contributed by atoms with Crippen molar-refractivity contribution in [1.29, 1.82) is 0 Å². The quantitative estimate of drug-likeness (QED) is 0.334. The van der Waals surface area contributed by atoms with E-state index >= 15 is 0 Å². The molecule has 172 valence electrons. The number of fused-ring (bicyclic) bond motifs is 4. The molecule has 1 aromatic heterocycles. The maximum absolute atomic E-state index is 13.4. The van der Waals surface area contributed by atoms with Gasteiger partial charge in [0.15, 0.2) is 5.58 Å². The zero-order chi connectivity index (χ0) is 23.9. The summed E-state index contributed by atoms with van der Waals surface area (Å²) in [7, 11) is 0. The Balaban J connectivity index is 1.98. The number of aromatic hydroxyl groups is 2. The van der Waals surface area contributed by atoms with Crippen LogP contribution >= 0.6 is 0 Å². The number of rotatable bonds is 5. The minimum atomic E-state index is -0.554. The van der Waals surface area contributed by atoms with Crippen molar-refractivity contribution < 1.29 is 19.4 Å². The highest BCUT2D eigenvalue weighted by Gasteiger charge is 2.32. The second-order valence-electron chi connectivity index (χ2n) is 9.44. The predicted molar refractivity (Wildman–Crippen MR) is 133 cm³/mol. The van der Waals surface area contributed by atoms with Gasteiger partial charge in [0.25, 0.3) is 0 Å². The Morgan fingerprint density at radius 3 is 2.52 bits per heavy atom. The molecule has 5 heteroatoms. The molecular formula is C28H30O5. The van der Waals surface area contributed by atoms with Gasteiger partial charge < -0.3 is 19.4 Å². The molecule has 3 aromatic rings. The van der Waals surface area contributed by atoms with Crippen molar-refractivity contribution in [2.45, 2.75) is 59.5 Å². The molecule has 1 atom stereocenters. The molecule has 0 spiro atoms. The lowest BCUT2D eigenvalue weighted by atomic mass is 9.91.